The van der Waals surface area contributed by atoms with E-state index in [1.54, 1.807) is 0 Å². The van der Waals surface area contributed by atoms with Crippen molar-refractivity contribution in [3.63, 3.8) is 0 Å². The SMILES string of the molecule is CN(C)CCC(=O)Nc1n[nH]c2nnc(-c3ccccc3)cc12. The molecule has 23 heavy (non-hydrogen) atoms. The van der Waals surface area contributed by atoms with Crippen molar-refractivity contribution in [2.24, 2.45) is 0 Å². The van der Waals surface area contributed by atoms with Crippen LogP contribution in [0.4, 0.5) is 5.82 Å². The molecule has 0 unspecified atom stereocenters. The molecule has 3 rings (SSSR count). The number of carbonyl (C=O) groups excluding carboxylic acids is 1. The molecule has 0 atom stereocenters. The molecule has 0 spiro atoms. The van der Waals surface area contributed by atoms with Crippen molar-refractivity contribution < 1.29 is 4.79 Å². The number of H-pyrrole nitrogens is 1. The molecule has 0 aliphatic heterocycles. The van der Waals surface area contributed by atoms with Gasteiger partial charge in [0.1, 0.15) is 0 Å². The van der Waals surface area contributed by atoms with Crippen LogP contribution in [0.5, 0.6) is 0 Å². The predicted molar refractivity (Wildman–Crippen MR) is 88.9 cm³/mol. The van der Waals surface area contributed by atoms with Gasteiger partial charge in [-0.2, -0.15) is 5.10 Å². The molecule has 0 aliphatic carbocycles. The average molecular weight is 310 g/mol. The van der Waals surface area contributed by atoms with E-state index in [0.29, 0.717) is 24.4 Å². The number of benzene rings is 1. The molecule has 7 heteroatoms. The van der Waals surface area contributed by atoms with E-state index in [0.717, 1.165) is 16.6 Å². The summed E-state index contributed by atoms with van der Waals surface area (Å²) in [6, 6.07) is 11.6. The number of nitrogens with zero attached hydrogens (tertiary/aromatic N) is 4. The van der Waals surface area contributed by atoms with Gasteiger partial charge in [-0.15, -0.1) is 10.2 Å². The second kappa shape index (κ2) is 6.53. The first-order valence-corrected chi connectivity index (χ1v) is 7.35. The number of hydrogen-bond donors (Lipinski definition) is 2. The lowest BCUT2D eigenvalue weighted by molar-refractivity contribution is -0.116. The zero-order chi connectivity index (χ0) is 16.2. The number of hydrogen-bond acceptors (Lipinski definition) is 5. The van der Waals surface area contributed by atoms with Crippen LogP contribution in [0, 0.1) is 0 Å². The average Bonchev–Trinajstić information content (AvgIpc) is 2.96. The van der Waals surface area contributed by atoms with E-state index in [1.807, 2.05) is 55.4 Å². The van der Waals surface area contributed by atoms with Crippen LogP contribution in [-0.4, -0.2) is 51.8 Å². The molecule has 0 saturated heterocycles. The molecule has 2 heterocycles. The smallest absolute Gasteiger partial charge is 0.226 e. The first-order valence-electron chi connectivity index (χ1n) is 7.35. The van der Waals surface area contributed by atoms with Gasteiger partial charge in [-0.05, 0) is 20.2 Å². The maximum absolute atomic E-state index is 12.0. The highest BCUT2D eigenvalue weighted by molar-refractivity contribution is 5.99. The first-order chi connectivity index (χ1) is 11.1. The van der Waals surface area contributed by atoms with Crippen LogP contribution < -0.4 is 5.32 Å². The molecular weight excluding hydrogens is 292 g/mol. The van der Waals surface area contributed by atoms with Crippen molar-refractivity contribution in [1.29, 1.82) is 0 Å². The topological polar surface area (TPSA) is 86.8 Å². The Morgan fingerprint density at radius 3 is 2.74 bits per heavy atom. The second-order valence-electron chi connectivity index (χ2n) is 5.53. The molecule has 2 aromatic heterocycles. The predicted octanol–water partition coefficient (Wildman–Crippen LogP) is 1.91. The first kappa shape index (κ1) is 15.1. The minimum atomic E-state index is -0.0785. The zero-order valence-electron chi connectivity index (χ0n) is 13.1. The highest BCUT2D eigenvalue weighted by atomic mass is 16.1. The van der Waals surface area contributed by atoms with Gasteiger partial charge in [-0.25, -0.2) is 0 Å². The summed E-state index contributed by atoms with van der Waals surface area (Å²) >= 11 is 0. The van der Waals surface area contributed by atoms with E-state index in [9.17, 15) is 4.79 Å². The van der Waals surface area contributed by atoms with Gasteiger partial charge in [-0.3, -0.25) is 9.89 Å². The number of fused-ring (bicyclic) bond motifs is 1. The number of aromatic amines is 1. The van der Waals surface area contributed by atoms with E-state index in [-0.39, 0.29) is 5.91 Å². The summed E-state index contributed by atoms with van der Waals surface area (Å²) in [7, 11) is 3.86. The summed E-state index contributed by atoms with van der Waals surface area (Å²) in [6.07, 6.45) is 0.408. The van der Waals surface area contributed by atoms with Crippen LogP contribution in [0.2, 0.25) is 0 Å². The summed E-state index contributed by atoms with van der Waals surface area (Å²) in [5, 5.41) is 18.8. The van der Waals surface area contributed by atoms with Crippen LogP contribution in [-0.2, 0) is 4.79 Å². The minimum Gasteiger partial charge on any atom is -0.309 e. The van der Waals surface area contributed by atoms with Crippen LogP contribution in [0.1, 0.15) is 6.42 Å². The van der Waals surface area contributed by atoms with Gasteiger partial charge in [0.15, 0.2) is 11.5 Å². The maximum Gasteiger partial charge on any atom is 0.226 e. The highest BCUT2D eigenvalue weighted by Gasteiger charge is 2.12. The number of rotatable bonds is 5. The standard InChI is InChI=1S/C16H18N6O/c1-22(2)9-8-14(23)17-15-12-10-13(11-6-4-3-5-7-11)18-20-16(12)21-19-15/h3-7,10H,8-9H2,1-2H3,(H2,17,19,20,21,23). The third-order valence-corrected chi connectivity index (χ3v) is 3.44. The van der Waals surface area contributed by atoms with Gasteiger partial charge in [0.2, 0.25) is 5.91 Å². The van der Waals surface area contributed by atoms with E-state index in [2.05, 4.69) is 25.7 Å². The number of anilines is 1. The summed E-state index contributed by atoms with van der Waals surface area (Å²) in [6.45, 7) is 0.684. The van der Waals surface area contributed by atoms with Crippen molar-refractivity contribution in [3.05, 3.63) is 36.4 Å². The lowest BCUT2D eigenvalue weighted by Gasteiger charge is -2.08. The van der Waals surface area contributed by atoms with E-state index in [1.165, 1.54) is 0 Å². The molecule has 7 nitrogen and oxygen atoms in total. The Kier molecular flexibility index (Phi) is 4.29. The fourth-order valence-corrected chi connectivity index (χ4v) is 2.19. The normalized spacial score (nSPS) is 11.1. The van der Waals surface area contributed by atoms with Gasteiger partial charge in [0, 0.05) is 18.5 Å². The largest absolute Gasteiger partial charge is 0.309 e. The van der Waals surface area contributed by atoms with E-state index >= 15 is 0 Å². The van der Waals surface area contributed by atoms with Crippen molar-refractivity contribution in [2.45, 2.75) is 6.42 Å². The molecule has 2 N–H and O–H groups in total. The van der Waals surface area contributed by atoms with E-state index in [4.69, 9.17) is 0 Å². The van der Waals surface area contributed by atoms with Crippen molar-refractivity contribution >= 4 is 22.8 Å². The van der Waals surface area contributed by atoms with Crippen LogP contribution in [0.3, 0.4) is 0 Å². The van der Waals surface area contributed by atoms with Crippen molar-refractivity contribution in [1.82, 2.24) is 25.3 Å². The molecule has 1 aromatic carbocycles. The molecule has 0 fully saturated rings. The Morgan fingerprint density at radius 1 is 1.22 bits per heavy atom. The molecule has 0 aliphatic rings. The number of aromatic nitrogens is 4. The summed E-state index contributed by atoms with van der Waals surface area (Å²) < 4.78 is 0. The van der Waals surface area contributed by atoms with Gasteiger partial charge in [0.05, 0.1) is 11.1 Å². The number of nitrogens with one attached hydrogen (secondary N) is 2. The van der Waals surface area contributed by atoms with Crippen molar-refractivity contribution in [2.75, 3.05) is 26.0 Å². The quantitative estimate of drug-likeness (QED) is 0.751. The van der Waals surface area contributed by atoms with Crippen LogP contribution in [0.25, 0.3) is 22.3 Å². The third-order valence-electron chi connectivity index (χ3n) is 3.44. The fourth-order valence-electron chi connectivity index (χ4n) is 2.19. The lowest BCUT2D eigenvalue weighted by Crippen LogP contribution is -2.21. The number of carbonyl (C=O) groups is 1. The Labute approximate surface area is 133 Å². The second-order valence-corrected chi connectivity index (χ2v) is 5.53. The summed E-state index contributed by atoms with van der Waals surface area (Å²) in [4.78, 5) is 13.9. The third kappa shape index (κ3) is 3.51. The van der Waals surface area contributed by atoms with Crippen molar-refractivity contribution in [3.8, 4) is 11.3 Å². The van der Waals surface area contributed by atoms with Gasteiger partial charge >= 0.3 is 0 Å². The van der Waals surface area contributed by atoms with Crippen LogP contribution in [0.15, 0.2) is 36.4 Å². The van der Waals surface area contributed by atoms with Gasteiger partial charge in [0.25, 0.3) is 0 Å². The Morgan fingerprint density at radius 2 is 2.00 bits per heavy atom. The molecule has 3 aromatic rings. The van der Waals surface area contributed by atoms with Gasteiger partial charge in [-0.1, -0.05) is 30.3 Å². The lowest BCUT2D eigenvalue weighted by atomic mass is 10.1. The maximum atomic E-state index is 12.0. The summed E-state index contributed by atoms with van der Waals surface area (Å²) in [5.41, 5.74) is 2.25. The van der Waals surface area contributed by atoms with Gasteiger partial charge < -0.3 is 10.2 Å². The molecule has 0 radical (unpaired) electrons. The molecule has 118 valence electrons. The Hall–Kier alpha value is -2.80. The fraction of sp³-hybridized carbons (Fsp3) is 0.250. The molecule has 0 bridgehead atoms. The minimum absolute atomic E-state index is 0.0785. The Bertz CT molecular complexity index is 812. The molecular formula is C16H18N6O. The highest BCUT2D eigenvalue weighted by Crippen LogP contribution is 2.23. The van der Waals surface area contributed by atoms with Crippen LogP contribution >= 0.6 is 0 Å². The monoisotopic (exact) mass is 310 g/mol. The summed E-state index contributed by atoms with van der Waals surface area (Å²) in [5.74, 6) is 0.404. The Balaban J connectivity index is 1.86. The molecule has 0 saturated carbocycles. The molecule has 1 amide bonds. The number of amides is 1. The zero-order valence-corrected chi connectivity index (χ0v) is 13.1. The van der Waals surface area contributed by atoms with E-state index < -0.39 is 0 Å².